The van der Waals surface area contributed by atoms with Gasteiger partial charge in [0.1, 0.15) is 12.1 Å². The van der Waals surface area contributed by atoms with Crippen LogP contribution in [0.4, 0.5) is 5.82 Å². The third-order valence-corrected chi connectivity index (χ3v) is 6.06. The molecule has 33 heavy (non-hydrogen) atoms. The van der Waals surface area contributed by atoms with Crippen LogP contribution in [0.2, 0.25) is 0 Å². The van der Waals surface area contributed by atoms with Crippen molar-refractivity contribution in [2.24, 2.45) is 0 Å². The number of nitrogens with one attached hydrogen (secondary N) is 1. The second-order valence-corrected chi connectivity index (χ2v) is 7.97. The lowest BCUT2D eigenvalue weighted by Gasteiger charge is -2.31. The van der Waals surface area contributed by atoms with E-state index in [1.54, 1.807) is 10.7 Å². The van der Waals surface area contributed by atoms with E-state index in [9.17, 15) is 0 Å². The second kappa shape index (κ2) is 7.56. The second-order valence-electron chi connectivity index (χ2n) is 7.97. The number of anilines is 1. The number of fused-ring (bicyclic) bond motifs is 2. The maximum Gasteiger partial charge on any atom is 0.171 e. The van der Waals surface area contributed by atoms with Crippen LogP contribution in [0.15, 0.2) is 67.8 Å². The molecule has 0 atom stereocenters. The number of aromatic nitrogens is 7. The average Bonchev–Trinajstić information content (AvgIpc) is 3.55. The molecule has 0 amide bonds. The molecule has 5 heterocycles. The molecule has 0 fully saturated rings. The highest BCUT2D eigenvalue weighted by molar-refractivity contribution is 5.79. The summed E-state index contributed by atoms with van der Waals surface area (Å²) >= 11 is 0. The van der Waals surface area contributed by atoms with E-state index in [2.05, 4.69) is 36.7 Å². The third kappa shape index (κ3) is 3.21. The van der Waals surface area contributed by atoms with E-state index < -0.39 is 0 Å². The van der Waals surface area contributed by atoms with E-state index in [4.69, 9.17) is 10.7 Å². The van der Waals surface area contributed by atoms with Gasteiger partial charge >= 0.3 is 0 Å². The average molecular weight is 435 g/mol. The van der Waals surface area contributed by atoms with Crippen molar-refractivity contribution in [1.29, 1.82) is 0 Å². The van der Waals surface area contributed by atoms with Crippen molar-refractivity contribution in [3.8, 4) is 22.4 Å². The van der Waals surface area contributed by atoms with E-state index in [1.807, 2.05) is 48.7 Å². The first-order valence-electron chi connectivity index (χ1n) is 10.7. The molecule has 3 N–H and O–H groups in total. The quantitative estimate of drug-likeness (QED) is 0.446. The number of nitrogen functional groups attached to an aromatic ring is 1. The van der Waals surface area contributed by atoms with Crippen LogP contribution in [-0.4, -0.2) is 46.2 Å². The number of hydrogen-bond acceptors (Lipinski definition) is 7. The number of nitrogens with two attached hydrogens (primary N) is 1. The summed E-state index contributed by atoms with van der Waals surface area (Å²) < 4.78 is 1.72. The van der Waals surface area contributed by atoms with Crippen molar-refractivity contribution in [2.45, 2.75) is 13.0 Å². The van der Waals surface area contributed by atoms with E-state index >= 15 is 0 Å². The van der Waals surface area contributed by atoms with Crippen molar-refractivity contribution >= 4 is 17.2 Å². The van der Waals surface area contributed by atoms with Crippen LogP contribution in [0.1, 0.15) is 17.1 Å². The number of aromatic amines is 1. The largest absolute Gasteiger partial charge is 0.383 e. The highest BCUT2D eigenvalue weighted by atomic mass is 15.3. The number of hydrogen-bond donors (Lipinski definition) is 2. The molecule has 0 radical (unpaired) electrons. The first-order valence-corrected chi connectivity index (χ1v) is 10.7. The molecule has 6 rings (SSSR count). The van der Waals surface area contributed by atoms with Crippen molar-refractivity contribution in [1.82, 2.24) is 39.7 Å². The fraction of sp³-hybridized carbons (Fsp3) is 0.125. The molecular formula is C24H21N9. The standard InChI is InChI=1S/C24H21N9/c1-15(23-27-14-28-31-23)32-10-9-18-21(13-32)30-24-19(12-29-33(24)22(18)25)17-7-8-20(26-11-17)16-5-3-2-4-6-16/h2-8,11-12,14H,1,9-10,13,25H2,(H,27,28,31). The molecular weight excluding hydrogens is 414 g/mol. The van der Waals surface area contributed by atoms with Crippen molar-refractivity contribution in [2.75, 3.05) is 12.3 Å². The molecule has 1 aliphatic rings. The molecule has 0 saturated carbocycles. The number of rotatable bonds is 4. The van der Waals surface area contributed by atoms with Crippen molar-refractivity contribution in [3.63, 3.8) is 0 Å². The Morgan fingerprint density at radius 2 is 1.91 bits per heavy atom. The lowest BCUT2D eigenvalue weighted by molar-refractivity contribution is 0.365. The highest BCUT2D eigenvalue weighted by Crippen LogP contribution is 2.31. The minimum Gasteiger partial charge on any atom is -0.383 e. The SMILES string of the molecule is C=C(c1ncn[nH]1)N1CCc2c(nc3c(-c4ccc(-c5ccccc5)nc4)cnn3c2N)C1. The van der Waals surface area contributed by atoms with Crippen LogP contribution < -0.4 is 5.73 Å². The Kier molecular flexibility index (Phi) is 4.39. The van der Waals surface area contributed by atoms with E-state index in [0.717, 1.165) is 52.3 Å². The van der Waals surface area contributed by atoms with Gasteiger partial charge in [-0.3, -0.25) is 10.1 Å². The molecule has 0 saturated heterocycles. The van der Waals surface area contributed by atoms with Crippen LogP contribution in [0.25, 0.3) is 33.7 Å². The Bertz CT molecular complexity index is 1450. The van der Waals surface area contributed by atoms with Gasteiger partial charge in [-0.15, -0.1) is 0 Å². The number of H-pyrrole nitrogens is 1. The van der Waals surface area contributed by atoms with Crippen LogP contribution in [0.5, 0.6) is 0 Å². The molecule has 0 unspecified atom stereocenters. The molecule has 9 nitrogen and oxygen atoms in total. The number of nitrogens with zero attached hydrogens (tertiary/aromatic N) is 7. The van der Waals surface area contributed by atoms with Gasteiger partial charge in [-0.05, 0) is 12.5 Å². The molecule has 0 aliphatic carbocycles. The Morgan fingerprint density at radius 1 is 1.03 bits per heavy atom. The summed E-state index contributed by atoms with van der Waals surface area (Å²) in [6.07, 6.45) is 5.89. The smallest absolute Gasteiger partial charge is 0.171 e. The summed E-state index contributed by atoms with van der Waals surface area (Å²) in [5.41, 5.74) is 13.8. The fourth-order valence-corrected chi connectivity index (χ4v) is 4.27. The number of benzene rings is 1. The molecule has 1 aliphatic heterocycles. The zero-order chi connectivity index (χ0) is 22.4. The molecule has 162 valence electrons. The molecule has 5 aromatic rings. The summed E-state index contributed by atoms with van der Waals surface area (Å²) in [6.45, 7) is 5.53. The minimum atomic E-state index is 0.589. The summed E-state index contributed by atoms with van der Waals surface area (Å²) in [6, 6.07) is 14.2. The van der Waals surface area contributed by atoms with Gasteiger partial charge in [-0.2, -0.15) is 14.7 Å². The Hall–Kier alpha value is -4.53. The zero-order valence-corrected chi connectivity index (χ0v) is 17.8. The van der Waals surface area contributed by atoms with Gasteiger partial charge in [0, 0.05) is 35.0 Å². The third-order valence-electron chi connectivity index (χ3n) is 6.06. The monoisotopic (exact) mass is 435 g/mol. The summed E-state index contributed by atoms with van der Waals surface area (Å²) in [5.74, 6) is 1.28. The zero-order valence-electron chi connectivity index (χ0n) is 17.8. The van der Waals surface area contributed by atoms with Crippen LogP contribution in [-0.2, 0) is 13.0 Å². The predicted molar refractivity (Wildman–Crippen MR) is 126 cm³/mol. The van der Waals surface area contributed by atoms with Crippen LogP contribution >= 0.6 is 0 Å². The Balaban J connectivity index is 1.36. The first kappa shape index (κ1) is 19.2. The topological polar surface area (TPSA) is 114 Å². The first-order chi connectivity index (χ1) is 16.2. The van der Waals surface area contributed by atoms with Gasteiger partial charge in [-0.1, -0.05) is 43.0 Å². The van der Waals surface area contributed by atoms with E-state index in [-0.39, 0.29) is 0 Å². The fourth-order valence-electron chi connectivity index (χ4n) is 4.27. The highest BCUT2D eigenvalue weighted by Gasteiger charge is 2.25. The molecule has 0 spiro atoms. The summed E-state index contributed by atoms with van der Waals surface area (Å²) in [5, 5.41) is 11.3. The molecule has 0 bridgehead atoms. The normalized spacial score (nSPS) is 13.3. The van der Waals surface area contributed by atoms with Crippen molar-refractivity contribution in [3.05, 3.63) is 84.8 Å². The molecule has 1 aromatic carbocycles. The lowest BCUT2D eigenvalue weighted by Crippen LogP contribution is -2.31. The van der Waals surface area contributed by atoms with Gasteiger partial charge in [0.2, 0.25) is 0 Å². The lowest BCUT2D eigenvalue weighted by atomic mass is 10.0. The van der Waals surface area contributed by atoms with Gasteiger partial charge in [-0.25, -0.2) is 9.97 Å². The van der Waals surface area contributed by atoms with Gasteiger partial charge in [0.25, 0.3) is 0 Å². The summed E-state index contributed by atoms with van der Waals surface area (Å²) in [7, 11) is 0. The van der Waals surface area contributed by atoms with E-state index in [0.29, 0.717) is 23.8 Å². The Labute approximate surface area is 189 Å². The predicted octanol–water partition coefficient (Wildman–Crippen LogP) is 3.19. The molecule has 4 aromatic heterocycles. The minimum absolute atomic E-state index is 0.589. The van der Waals surface area contributed by atoms with Gasteiger partial charge in [0.15, 0.2) is 11.5 Å². The van der Waals surface area contributed by atoms with Crippen LogP contribution in [0, 0.1) is 0 Å². The van der Waals surface area contributed by atoms with Gasteiger partial charge in [0.05, 0.1) is 29.8 Å². The van der Waals surface area contributed by atoms with Crippen LogP contribution in [0.3, 0.4) is 0 Å². The maximum absolute atomic E-state index is 6.52. The van der Waals surface area contributed by atoms with Gasteiger partial charge < -0.3 is 10.6 Å². The number of pyridine rings is 1. The van der Waals surface area contributed by atoms with Crippen molar-refractivity contribution < 1.29 is 0 Å². The molecule has 9 heteroatoms. The Morgan fingerprint density at radius 3 is 2.67 bits per heavy atom. The maximum atomic E-state index is 6.52. The summed E-state index contributed by atoms with van der Waals surface area (Å²) in [4.78, 5) is 16.0. The van der Waals surface area contributed by atoms with E-state index in [1.165, 1.54) is 6.33 Å².